The van der Waals surface area contributed by atoms with Crippen molar-refractivity contribution in [2.75, 3.05) is 26.8 Å². The summed E-state index contributed by atoms with van der Waals surface area (Å²) in [5, 5.41) is 12.8. The summed E-state index contributed by atoms with van der Waals surface area (Å²) in [5.41, 5.74) is 0.604. The van der Waals surface area contributed by atoms with Gasteiger partial charge in [-0.05, 0) is 18.9 Å². The van der Waals surface area contributed by atoms with Gasteiger partial charge in [0.05, 0.1) is 37.9 Å². The SMILES string of the molecule is CNC(=O)C[C@H]1CC[C@@H]2[C@H](COC[C@H](O)CN2Cc2ccccc2F)O1. The van der Waals surface area contributed by atoms with Crippen LogP contribution in [0.5, 0.6) is 0 Å². The molecule has 1 aromatic carbocycles. The summed E-state index contributed by atoms with van der Waals surface area (Å²) in [6, 6.07) is 6.73. The predicted octanol–water partition coefficient (Wildman–Crippen LogP) is 1.07. The minimum Gasteiger partial charge on any atom is -0.389 e. The highest BCUT2D eigenvalue weighted by Gasteiger charge is 2.38. The third kappa shape index (κ3) is 4.79. The fourth-order valence-electron chi connectivity index (χ4n) is 3.78. The Balaban J connectivity index is 1.73. The lowest BCUT2D eigenvalue weighted by atomic mass is 9.94. The van der Waals surface area contributed by atoms with Gasteiger partial charge in [0.15, 0.2) is 0 Å². The standard InChI is InChI=1S/C19H27FN2O4/c1-21-19(24)8-15-6-7-17-18(26-15)12-25-11-14(23)10-22(17)9-13-4-2-3-5-16(13)20/h2-5,14-15,17-18,23H,6-12H2,1H3,(H,21,24)/t14-,15-,17-,18+/m1/s1. The first-order chi connectivity index (χ1) is 12.6. The van der Waals surface area contributed by atoms with Crippen LogP contribution in [0, 0.1) is 5.82 Å². The molecule has 2 fully saturated rings. The number of carbonyl (C=O) groups is 1. The zero-order chi connectivity index (χ0) is 18.5. The minimum atomic E-state index is -0.619. The molecule has 26 heavy (non-hydrogen) atoms. The Kier molecular flexibility index (Phi) is 6.58. The van der Waals surface area contributed by atoms with E-state index >= 15 is 0 Å². The lowest BCUT2D eigenvalue weighted by Gasteiger charge is -2.44. The molecule has 1 aromatic rings. The molecule has 0 aromatic heterocycles. The van der Waals surface area contributed by atoms with Gasteiger partial charge >= 0.3 is 0 Å². The Labute approximate surface area is 153 Å². The van der Waals surface area contributed by atoms with Crippen molar-refractivity contribution in [2.45, 2.75) is 50.2 Å². The van der Waals surface area contributed by atoms with Crippen molar-refractivity contribution in [2.24, 2.45) is 0 Å². The van der Waals surface area contributed by atoms with Crippen LogP contribution in [0.1, 0.15) is 24.8 Å². The first-order valence-electron chi connectivity index (χ1n) is 9.16. The van der Waals surface area contributed by atoms with E-state index in [1.807, 2.05) is 6.07 Å². The van der Waals surface area contributed by atoms with Crippen LogP contribution in [0.4, 0.5) is 4.39 Å². The second-order valence-corrected chi connectivity index (χ2v) is 7.03. The number of hydrogen-bond donors (Lipinski definition) is 2. The molecule has 4 atom stereocenters. The third-order valence-electron chi connectivity index (χ3n) is 5.11. The Hall–Kier alpha value is -1.54. The Morgan fingerprint density at radius 1 is 1.35 bits per heavy atom. The summed E-state index contributed by atoms with van der Waals surface area (Å²) in [4.78, 5) is 13.7. The highest BCUT2D eigenvalue weighted by atomic mass is 19.1. The monoisotopic (exact) mass is 366 g/mol. The van der Waals surface area contributed by atoms with Gasteiger partial charge in [-0.3, -0.25) is 9.69 Å². The van der Waals surface area contributed by atoms with Crippen LogP contribution in [0.2, 0.25) is 0 Å². The highest BCUT2D eigenvalue weighted by Crippen LogP contribution is 2.29. The van der Waals surface area contributed by atoms with Crippen LogP contribution < -0.4 is 5.32 Å². The van der Waals surface area contributed by atoms with Gasteiger partial charge < -0.3 is 19.9 Å². The molecule has 0 unspecified atom stereocenters. The van der Waals surface area contributed by atoms with Crippen LogP contribution in [0.3, 0.4) is 0 Å². The molecule has 2 heterocycles. The number of carbonyl (C=O) groups excluding carboxylic acids is 1. The number of aliphatic hydroxyl groups excluding tert-OH is 1. The van der Waals surface area contributed by atoms with Crippen molar-refractivity contribution < 1.29 is 23.8 Å². The van der Waals surface area contributed by atoms with E-state index in [0.717, 1.165) is 12.8 Å². The van der Waals surface area contributed by atoms with Crippen LogP contribution in [0.25, 0.3) is 0 Å². The molecule has 0 bridgehead atoms. The van der Waals surface area contributed by atoms with Gasteiger partial charge in [-0.15, -0.1) is 0 Å². The van der Waals surface area contributed by atoms with Gasteiger partial charge in [-0.2, -0.15) is 0 Å². The van der Waals surface area contributed by atoms with Crippen molar-refractivity contribution in [3.63, 3.8) is 0 Å². The van der Waals surface area contributed by atoms with E-state index in [4.69, 9.17) is 9.47 Å². The van der Waals surface area contributed by atoms with Crippen molar-refractivity contribution in [3.8, 4) is 0 Å². The van der Waals surface area contributed by atoms with Crippen LogP contribution >= 0.6 is 0 Å². The third-order valence-corrected chi connectivity index (χ3v) is 5.11. The lowest BCUT2D eigenvalue weighted by molar-refractivity contribution is -0.158. The zero-order valence-corrected chi connectivity index (χ0v) is 15.1. The molecule has 7 heteroatoms. The largest absolute Gasteiger partial charge is 0.389 e. The van der Waals surface area contributed by atoms with E-state index < -0.39 is 6.10 Å². The smallest absolute Gasteiger partial charge is 0.222 e. The maximum absolute atomic E-state index is 14.1. The topological polar surface area (TPSA) is 71.0 Å². The van der Waals surface area contributed by atoms with Crippen LogP contribution in [0.15, 0.2) is 24.3 Å². The maximum atomic E-state index is 14.1. The molecule has 0 radical (unpaired) electrons. The first-order valence-corrected chi connectivity index (χ1v) is 9.16. The van der Waals surface area contributed by atoms with Gasteiger partial charge in [-0.25, -0.2) is 4.39 Å². The molecule has 6 nitrogen and oxygen atoms in total. The van der Waals surface area contributed by atoms with Gasteiger partial charge in [0.25, 0.3) is 0 Å². The normalized spacial score (nSPS) is 30.1. The molecule has 144 valence electrons. The molecule has 2 saturated heterocycles. The number of ether oxygens (including phenoxy) is 2. The molecule has 0 spiro atoms. The van der Waals surface area contributed by atoms with E-state index in [9.17, 15) is 14.3 Å². The van der Waals surface area contributed by atoms with Crippen LogP contribution in [-0.2, 0) is 20.8 Å². The summed E-state index contributed by atoms with van der Waals surface area (Å²) in [6.07, 6.45) is 0.939. The van der Waals surface area contributed by atoms with Crippen LogP contribution in [-0.4, -0.2) is 67.1 Å². The maximum Gasteiger partial charge on any atom is 0.222 e. The summed E-state index contributed by atoms with van der Waals surface area (Å²) in [5.74, 6) is -0.287. The second-order valence-electron chi connectivity index (χ2n) is 7.03. The fraction of sp³-hybridized carbons (Fsp3) is 0.632. The van der Waals surface area contributed by atoms with E-state index in [1.54, 1.807) is 19.2 Å². The van der Waals surface area contributed by atoms with Gasteiger partial charge in [0, 0.05) is 31.7 Å². The molecular formula is C19H27FN2O4. The fourth-order valence-corrected chi connectivity index (χ4v) is 3.78. The molecule has 0 saturated carbocycles. The summed E-state index contributed by atoms with van der Waals surface area (Å²) in [6.45, 7) is 1.40. The Morgan fingerprint density at radius 3 is 2.92 bits per heavy atom. The average Bonchev–Trinajstić information content (AvgIpc) is 2.62. The summed E-state index contributed by atoms with van der Waals surface area (Å²) >= 11 is 0. The first kappa shape index (κ1) is 19.2. The molecular weight excluding hydrogens is 339 g/mol. The number of hydrogen-bond acceptors (Lipinski definition) is 5. The molecule has 0 aliphatic carbocycles. The van der Waals surface area contributed by atoms with E-state index in [1.165, 1.54) is 6.07 Å². The van der Waals surface area contributed by atoms with E-state index in [-0.39, 0.29) is 36.6 Å². The van der Waals surface area contributed by atoms with Crippen molar-refractivity contribution in [1.29, 1.82) is 0 Å². The van der Waals surface area contributed by atoms with Gasteiger partial charge in [0.2, 0.25) is 5.91 Å². The van der Waals surface area contributed by atoms with Crippen molar-refractivity contribution in [1.82, 2.24) is 10.2 Å². The number of amides is 1. The number of aliphatic hydroxyl groups is 1. The second kappa shape index (κ2) is 8.90. The molecule has 1 amide bonds. The van der Waals surface area contributed by atoms with Crippen molar-refractivity contribution >= 4 is 5.91 Å². The molecule has 3 rings (SSSR count). The molecule has 2 N–H and O–H groups in total. The average molecular weight is 366 g/mol. The number of benzene rings is 1. The number of rotatable bonds is 4. The zero-order valence-electron chi connectivity index (χ0n) is 15.1. The Morgan fingerprint density at radius 2 is 2.15 bits per heavy atom. The van der Waals surface area contributed by atoms with Gasteiger partial charge in [0.1, 0.15) is 5.82 Å². The highest BCUT2D eigenvalue weighted by molar-refractivity contribution is 5.76. The lowest BCUT2D eigenvalue weighted by Crippen LogP contribution is -2.55. The summed E-state index contributed by atoms with van der Waals surface area (Å²) < 4.78 is 25.8. The van der Waals surface area contributed by atoms with Crippen molar-refractivity contribution in [3.05, 3.63) is 35.6 Å². The minimum absolute atomic E-state index is 0.0190. The van der Waals surface area contributed by atoms with E-state index in [0.29, 0.717) is 31.7 Å². The van der Waals surface area contributed by atoms with E-state index in [2.05, 4.69) is 10.2 Å². The number of nitrogens with zero attached hydrogens (tertiary/aromatic N) is 1. The van der Waals surface area contributed by atoms with Gasteiger partial charge in [-0.1, -0.05) is 18.2 Å². The molecule has 2 aliphatic rings. The molecule has 2 aliphatic heterocycles. The quantitative estimate of drug-likeness (QED) is 0.834. The number of nitrogens with one attached hydrogen (secondary N) is 1. The predicted molar refractivity (Wildman–Crippen MR) is 94.0 cm³/mol. The number of β-amino-alcohol motifs (C(OH)–C–C–N with tert-alkyl or cyclic N) is 1. The Bertz CT molecular complexity index is 615. The number of halogens is 1. The number of fused-ring (bicyclic) bond motifs is 1. The summed E-state index contributed by atoms with van der Waals surface area (Å²) in [7, 11) is 1.62.